The number of nitrogens with zero attached hydrogens (tertiary/aromatic N) is 1. The average Bonchev–Trinajstić information content (AvgIpc) is 2.00. The number of nitriles is 1. The largest absolute Gasteiger partial charge is 0.398 e. The van der Waals surface area contributed by atoms with Crippen molar-refractivity contribution in [2.45, 2.75) is 6.42 Å². The van der Waals surface area contributed by atoms with Gasteiger partial charge in [0.2, 0.25) is 0 Å². The summed E-state index contributed by atoms with van der Waals surface area (Å²) in [5.74, 6) is -0.388. The quantitative estimate of drug-likeness (QED) is 0.750. The molecule has 62 valence electrons. The van der Waals surface area contributed by atoms with Crippen molar-refractivity contribution in [1.29, 1.82) is 5.26 Å². The second kappa shape index (κ2) is 3.55. The minimum absolute atomic E-state index is 0.127. The number of halogens is 2. The Kier molecular flexibility index (Phi) is 2.66. The van der Waals surface area contributed by atoms with Gasteiger partial charge in [-0.15, -0.1) is 0 Å². The third-order valence-corrected chi connectivity index (χ3v) is 2.11. The first-order valence-corrected chi connectivity index (χ1v) is 4.05. The van der Waals surface area contributed by atoms with Crippen LogP contribution in [0.15, 0.2) is 16.6 Å². The third-order valence-electron chi connectivity index (χ3n) is 1.45. The summed E-state index contributed by atoms with van der Waals surface area (Å²) in [6, 6.07) is 4.45. The van der Waals surface area contributed by atoms with Crippen LogP contribution < -0.4 is 5.73 Å². The molecule has 0 atom stereocenters. The molecule has 0 radical (unpaired) electrons. The van der Waals surface area contributed by atoms with Crippen molar-refractivity contribution in [3.8, 4) is 6.07 Å². The van der Waals surface area contributed by atoms with E-state index in [2.05, 4.69) is 15.9 Å². The van der Waals surface area contributed by atoms with Crippen LogP contribution in [0.2, 0.25) is 0 Å². The van der Waals surface area contributed by atoms with E-state index in [0.29, 0.717) is 15.7 Å². The van der Waals surface area contributed by atoms with Crippen LogP contribution in [0.25, 0.3) is 0 Å². The van der Waals surface area contributed by atoms with Gasteiger partial charge in [0.05, 0.1) is 18.2 Å². The number of hydrogen-bond acceptors (Lipinski definition) is 2. The average molecular weight is 229 g/mol. The first-order valence-electron chi connectivity index (χ1n) is 3.25. The normalized spacial score (nSPS) is 9.42. The Bertz CT molecular complexity index is 344. The van der Waals surface area contributed by atoms with Crippen LogP contribution in [0, 0.1) is 17.1 Å². The SMILES string of the molecule is N#CCc1cc(F)cc(Br)c1N. The van der Waals surface area contributed by atoms with E-state index in [1.165, 1.54) is 12.1 Å². The van der Waals surface area contributed by atoms with Crippen molar-refractivity contribution < 1.29 is 4.39 Å². The lowest BCUT2D eigenvalue weighted by molar-refractivity contribution is 0.625. The van der Waals surface area contributed by atoms with Crippen LogP contribution >= 0.6 is 15.9 Å². The molecule has 0 aromatic heterocycles. The number of hydrogen-bond donors (Lipinski definition) is 1. The molecule has 0 saturated carbocycles. The minimum Gasteiger partial charge on any atom is -0.398 e. The van der Waals surface area contributed by atoms with Crippen LogP contribution in [0.3, 0.4) is 0 Å². The second-order valence-electron chi connectivity index (χ2n) is 2.30. The summed E-state index contributed by atoms with van der Waals surface area (Å²) in [4.78, 5) is 0. The number of benzene rings is 1. The lowest BCUT2D eigenvalue weighted by Crippen LogP contribution is -1.95. The monoisotopic (exact) mass is 228 g/mol. The minimum atomic E-state index is -0.388. The molecule has 4 heteroatoms. The molecule has 0 unspecified atom stereocenters. The highest BCUT2D eigenvalue weighted by Crippen LogP contribution is 2.24. The van der Waals surface area contributed by atoms with Crippen LogP contribution in [0.1, 0.15) is 5.56 Å². The van der Waals surface area contributed by atoms with E-state index in [-0.39, 0.29) is 12.2 Å². The summed E-state index contributed by atoms with van der Waals surface area (Å²) in [7, 11) is 0. The summed E-state index contributed by atoms with van der Waals surface area (Å²) >= 11 is 3.09. The van der Waals surface area contributed by atoms with Gasteiger partial charge >= 0.3 is 0 Å². The van der Waals surface area contributed by atoms with E-state index >= 15 is 0 Å². The molecule has 0 spiro atoms. The molecule has 0 aliphatic heterocycles. The fourth-order valence-electron chi connectivity index (χ4n) is 0.869. The van der Waals surface area contributed by atoms with Gasteiger partial charge in [-0.3, -0.25) is 0 Å². The van der Waals surface area contributed by atoms with Gasteiger partial charge in [-0.1, -0.05) is 0 Å². The molecule has 0 aliphatic carbocycles. The van der Waals surface area contributed by atoms with Crippen LogP contribution in [0.4, 0.5) is 10.1 Å². The molecule has 0 aliphatic rings. The molecule has 12 heavy (non-hydrogen) atoms. The highest BCUT2D eigenvalue weighted by atomic mass is 79.9. The highest BCUT2D eigenvalue weighted by Gasteiger charge is 2.05. The molecule has 1 aromatic rings. The summed E-state index contributed by atoms with van der Waals surface area (Å²) in [5.41, 5.74) is 6.52. The zero-order valence-corrected chi connectivity index (χ0v) is 7.73. The predicted octanol–water partition coefficient (Wildman–Crippen LogP) is 2.24. The van der Waals surface area contributed by atoms with E-state index in [1.807, 2.05) is 6.07 Å². The second-order valence-corrected chi connectivity index (χ2v) is 3.15. The molecule has 1 aromatic carbocycles. The van der Waals surface area contributed by atoms with E-state index in [9.17, 15) is 4.39 Å². The maximum Gasteiger partial charge on any atom is 0.124 e. The maximum atomic E-state index is 12.7. The summed E-state index contributed by atoms with van der Waals surface area (Å²) in [6.07, 6.45) is 0.127. The maximum absolute atomic E-state index is 12.7. The molecular weight excluding hydrogens is 223 g/mol. The van der Waals surface area contributed by atoms with Gasteiger partial charge in [-0.05, 0) is 33.6 Å². The summed E-state index contributed by atoms with van der Waals surface area (Å²) < 4.78 is 13.2. The van der Waals surface area contributed by atoms with Crippen molar-refractivity contribution in [3.63, 3.8) is 0 Å². The van der Waals surface area contributed by atoms with E-state index in [4.69, 9.17) is 11.0 Å². The Morgan fingerprint density at radius 1 is 1.58 bits per heavy atom. The van der Waals surface area contributed by atoms with Gasteiger partial charge in [0, 0.05) is 4.47 Å². The number of nitrogen functional groups attached to an aromatic ring is 1. The standard InChI is InChI=1S/C8H6BrFN2/c9-7-4-6(10)3-5(1-2-11)8(7)12/h3-4H,1,12H2. The molecule has 0 amide bonds. The van der Waals surface area contributed by atoms with Crippen molar-refractivity contribution in [2.75, 3.05) is 5.73 Å². The van der Waals surface area contributed by atoms with Gasteiger partial charge in [-0.2, -0.15) is 5.26 Å². The molecular formula is C8H6BrFN2. The number of anilines is 1. The lowest BCUT2D eigenvalue weighted by atomic mass is 10.1. The van der Waals surface area contributed by atoms with E-state index in [0.717, 1.165) is 0 Å². The zero-order valence-electron chi connectivity index (χ0n) is 6.14. The van der Waals surface area contributed by atoms with Gasteiger partial charge in [0.15, 0.2) is 0 Å². The van der Waals surface area contributed by atoms with Gasteiger partial charge < -0.3 is 5.73 Å². The Labute approximate surface area is 77.9 Å². The Morgan fingerprint density at radius 2 is 2.25 bits per heavy atom. The summed E-state index contributed by atoms with van der Waals surface area (Å²) in [5, 5.41) is 8.38. The first kappa shape index (κ1) is 9.01. The Morgan fingerprint density at radius 3 is 2.83 bits per heavy atom. The van der Waals surface area contributed by atoms with Crippen LogP contribution in [-0.4, -0.2) is 0 Å². The highest BCUT2D eigenvalue weighted by molar-refractivity contribution is 9.10. The fraction of sp³-hybridized carbons (Fsp3) is 0.125. The smallest absolute Gasteiger partial charge is 0.124 e. The predicted molar refractivity (Wildman–Crippen MR) is 47.8 cm³/mol. The Balaban J connectivity index is 3.20. The van der Waals surface area contributed by atoms with Gasteiger partial charge in [0.1, 0.15) is 5.82 Å². The Hall–Kier alpha value is -1.08. The fourth-order valence-corrected chi connectivity index (χ4v) is 1.34. The molecule has 0 bridgehead atoms. The van der Waals surface area contributed by atoms with E-state index < -0.39 is 0 Å². The third kappa shape index (κ3) is 1.74. The summed E-state index contributed by atoms with van der Waals surface area (Å²) in [6.45, 7) is 0. The molecule has 0 saturated heterocycles. The molecule has 2 nitrogen and oxygen atoms in total. The van der Waals surface area contributed by atoms with Crippen LogP contribution in [-0.2, 0) is 6.42 Å². The first-order chi connectivity index (χ1) is 5.65. The number of nitrogens with two attached hydrogens (primary N) is 1. The van der Waals surface area contributed by atoms with Gasteiger partial charge in [-0.25, -0.2) is 4.39 Å². The van der Waals surface area contributed by atoms with Crippen molar-refractivity contribution in [1.82, 2.24) is 0 Å². The molecule has 0 heterocycles. The van der Waals surface area contributed by atoms with Crippen molar-refractivity contribution >= 4 is 21.6 Å². The van der Waals surface area contributed by atoms with Gasteiger partial charge in [0.25, 0.3) is 0 Å². The molecule has 0 fully saturated rings. The van der Waals surface area contributed by atoms with Crippen molar-refractivity contribution in [3.05, 3.63) is 28.0 Å². The number of rotatable bonds is 1. The molecule has 2 N–H and O–H groups in total. The zero-order chi connectivity index (χ0) is 9.14. The molecule has 1 rings (SSSR count). The van der Waals surface area contributed by atoms with Crippen LogP contribution in [0.5, 0.6) is 0 Å². The van der Waals surface area contributed by atoms with Crippen molar-refractivity contribution in [2.24, 2.45) is 0 Å². The topological polar surface area (TPSA) is 49.8 Å². The van der Waals surface area contributed by atoms with E-state index in [1.54, 1.807) is 0 Å². The lowest BCUT2D eigenvalue weighted by Gasteiger charge is -2.03.